The van der Waals surface area contributed by atoms with E-state index < -0.39 is 0 Å². The number of hydrogen-bond acceptors (Lipinski definition) is 3. The van der Waals surface area contributed by atoms with Gasteiger partial charge in [0.25, 0.3) is 0 Å². The Morgan fingerprint density at radius 3 is 2.75 bits per heavy atom. The number of carbonyl (C=O) groups excluding carboxylic acids is 1. The first-order valence-corrected chi connectivity index (χ1v) is 5.43. The Morgan fingerprint density at radius 2 is 2.19 bits per heavy atom. The molecule has 0 amide bonds. The molecule has 1 rings (SSSR count). The van der Waals surface area contributed by atoms with E-state index in [0.29, 0.717) is 17.7 Å². The van der Waals surface area contributed by atoms with Crippen molar-refractivity contribution < 1.29 is 9.53 Å². The number of benzene rings is 1. The van der Waals surface area contributed by atoms with Gasteiger partial charge in [0, 0.05) is 0 Å². The van der Waals surface area contributed by atoms with Gasteiger partial charge in [0.05, 0.1) is 23.8 Å². The van der Waals surface area contributed by atoms with Crippen LogP contribution in [0.3, 0.4) is 0 Å². The fourth-order valence-corrected chi connectivity index (χ4v) is 1.51. The molecule has 0 bridgehead atoms. The topological polar surface area (TPSA) is 50.1 Å². The third-order valence-corrected chi connectivity index (χ3v) is 2.26. The van der Waals surface area contributed by atoms with Crippen LogP contribution < -0.4 is 0 Å². The highest BCUT2D eigenvalue weighted by molar-refractivity contribution is 5.90. The van der Waals surface area contributed by atoms with E-state index in [4.69, 9.17) is 10.00 Å². The van der Waals surface area contributed by atoms with Crippen LogP contribution in [0.25, 0.3) is 0 Å². The SMILES string of the molecule is CCCc1ccc(C(=O)OCC)cc1C#N. The summed E-state index contributed by atoms with van der Waals surface area (Å²) in [5.41, 5.74) is 1.99. The van der Waals surface area contributed by atoms with Crippen molar-refractivity contribution in [2.24, 2.45) is 0 Å². The van der Waals surface area contributed by atoms with Crippen molar-refractivity contribution >= 4 is 5.97 Å². The summed E-state index contributed by atoms with van der Waals surface area (Å²) in [6.07, 6.45) is 1.83. The van der Waals surface area contributed by atoms with Gasteiger partial charge in [0.15, 0.2) is 0 Å². The van der Waals surface area contributed by atoms with E-state index >= 15 is 0 Å². The first-order valence-electron chi connectivity index (χ1n) is 5.43. The molecule has 0 atom stereocenters. The Morgan fingerprint density at radius 1 is 1.44 bits per heavy atom. The van der Waals surface area contributed by atoms with E-state index in [0.717, 1.165) is 18.4 Å². The average molecular weight is 217 g/mol. The lowest BCUT2D eigenvalue weighted by Crippen LogP contribution is -2.05. The molecule has 0 N–H and O–H groups in total. The summed E-state index contributed by atoms with van der Waals surface area (Å²) in [6.45, 7) is 4.16. The van der Waals surface area contributed by atoms with Gasteiger partial charge in [-0.25, -0.2) is 4.79 Å². The number of rotatable bonds is 4. The van der Waals surface area contributed by atoms with Gasteiger partial charge < -0.3 is 4.74 Å². The first kappa shape index (κ1) is 12.3. The zero-order chi connectivity index (χ0) is 12.0. The Kier molecular flexibility index (Phi) is 4.53. The molecule has 1 aromatic rings. The lowest BCUT2D eigenvalue weighted by molar-refractivity contribution is 0.0526. The van der Waals surface area contributed by atoms with Crippen molar-refractivity contribution in [1.82, 2.24) is 0 Å². The lowest BCUT2D eigenvalue weighted by Gasteiger charge is -2.05. The predicted molar refractivity (Wildman–Crippen MR) is 61.1 cm³/mol. The van der Waals surface area contributed by atoms with Gasteiger partial charge in [-0.05, 0) is 31.0 Å². The zero-order valence-electron chi connectivity index (χ0n) is 9.62. The number of aryl methyl sites for hydroxylation is 1. The molecule has 0 heterocycles. The van der Waals surface area contributed by atoms with Crippen LogP contribution in [0.2, 0.25) is 0 Å². The smallest absolute Gasteiger partial charge is 0.338 e. The van der Waals surface area contributed by atoms with E-state index in [1.807, 2.05) is 6.07 Å². The molecule has 0 unspecified atom stereocenters. The van der Waals surface area contributed by atoms with Crippen LogP contribution in [0.15, 0.2) is 18.2 Å². The molecule has 0 saturated heterocycles. The molecule has 0 fully saturated rings. The molecule has 3 heteroatoms. The van der Waals surface area contributed by atoms with Gasteiger partial charge in [-0.2, -0.15) is 5.26 Å². The summed E-state index contributed by atoms with van der Waals surface area (Å²) in [5, 5.41) is 8.98. The number of hydrogen-bond donors (Lipinski definition) is 0. The summed E-state index contributed by atoms with van der Waals surface area (Å²) in [4.78, 5) is 11.5. The summed E-state index contributed by atoms with van der Waals surface area (Å²) >= 11 is 0. The number of esters is 1. The minimum absolute atomic E-state index is 0.345. The molecule has 0 aliphatic heterocycles. The van der Waals surface area contributed by atoms with E-state index in [1.54, 1.807) is 19.1 Å². The molecule has 0 radical (unpaired) electrons. The first-order chi connectivity index (χ1) is 7.72. The van der Waals surface area contributed by atoms with E-state index in [1.165, 1.54) is 0 Å². The highest BCUT2D eigenvalue weighted by Crippen LogP contribution is 2.14. The van der Waals surface area contributed by atoms with Crippen molar-refractivity contribution in [3.05, 3.63) is 34.9 Å². The monoisotopic (exact) mass is 217 g/mol. The van der Waals surface area contributed by atoms with E-state index in [-0.39, 0.29) is 5.97 Å². The summed E-state index contributed by atoms with van der Waals surface area (Å²) in [7, 11) is 0. The number of nitriles is 1. The van der Waals surface area contributed by atoms with Crippen molar-refractivity contribution in [2.45, 2.75) is 26.7 Å². The van der Waals surface area contributed by atoms with Crippen molar-refractivity contribution in [3.8, 4) is 6.07 Å². The van der Waals surface area contributed by atoms with Gasteiger partial charge in [-0.1, -0.05) is 19.4 Å². The van der Waals surface area contributed by atoms with Gasteiger partial charge >= 0.3 is 5.97 Å². The second-order valence-corrected chi connectivity index (χ2v) is 3.45. The zero-order valence-corrected chi connectivity index (χ0v) is 9.62. The second kappa shape index (κ2) is 5.92. The molecule has 16 heavy (non-hydrogen) atoms. The quantitative estimate of drug-likeness (QED) is 0.728. The Labute approximate surface area is 95.7 Å². The van der Waals surface area contributed by atoms with Crippen LogP contribution in [0.1, 0.15) is 41.8 Å². The van der Waals surface area contributed by atoms with Crippen LogP contribution in [-0.4, -0.2) is 12.6 Å². The maximum Gasteiger partial charge on any atom is 0.338 e. The van der Waals surface area contributed by atoms with Crippen LogP contribution in [0.5, 0.6) is 0 Å². The standard InChI is InChI=1S/C13H15NO2/c1-3-5-10-6-7-11(8-12(10)9-14)13(15)16-4-2/h6-8H,3-5H2,1-2H3. The molecule has 0 spiro atoms. The highest BCUT2D eigenvalue weighted by Gasteiger charge is 2.09. The van der Waals surface area contributed by atoms with Gasteiger partial charge in [-0.3, -0.25) is 0 Å². The van der Waals surface area contributed by atoms with Crippen LogP contribution in [-0.2, 0) is 11.2 Å². The summed E-state index contributed by atoms with van der Waals surface area (Å²) in [5.74, 6) is -0.373. The normalized spacial score (nSPS) is 9.56. The molecule has 0 aromatic heterocycles. The van der Waals surface area contributed by atoms with Crippen molar-refractivity contribution in [1.29, 1.82) is 5.26 Å². The third-order valence-electron chi connectivity index (χ3n) is 2.26. The van der Waals surface area contributed by atoms with Gasteiger partial charge in [0.2, 0.25) is 0 Å². The van der Waals surface area contributed by atoms with Gasteiger partial charge in [-0.15, -0.1) is 0 Å². The number of nitrogens with zero attached hydrogens (tertiary/aromatic N) is 1. The van der Waals surface area contributed by atoms with E-state index in [2.05, 4.69) is 13.0 Å². The van der Waals surface area contributed by atoms with E-state index in [9.17, 15) is 4.79 Å². The van der Waals surface area contributed by atoms with Crippen LogP contribution >= 0.6 is 0 Å². The third kappa shape index (κ3) is 2.83. The molecule has 0 aliphatic rings. The van der Waals surface area contributed by atoms with Crippen molar-refractivity contribution in [2.75, 3.05) is 6.61 Å². The Balaban J connectivity index is 3.00. The predicted octanol–water partition coefficient (Wildman–Crippen LogP) is 2.69. The average Bonchev–Trinajstić information content (AvgIpc) is 2.30. The fourth-order valence-electron chi connectivity index (χ4n) is 1.51. The van der Waals surface area contributed by atoms with Crippen molar-refractivity contribution in [3.63, 3.8) is 0 Å². The Bertz CT molecular complexity index is 418. The minimum atomic E-state index is -0.373. The molecular formula is C13H15NO2. The van der Waals surface area contributed by atoms with Crippen LogP contribution in [0, 0.1) is 11.3 Å². The molecular weight excluding hydrogens is 202 g/mol. The fraction of sp³-hybridized carbons (Fsp3) is 0.385. The minimum Gasteiger partial charge on any atom is -0.462 e. The number of carbonyl (C=O) groups is 1. The molecule has 84 valence electrons. The maximum absolute atomic E-state index is 11.5. The van der Waals surface area contributed by atoms with Gasteiger partial charge in [0.1, 0.15) is 0 Å². The summed E-state index contributed by atoms with van der Waals surface area (Å²) < 4.78 is 4.88. The molecule has 3 nitrogen and oxygen atoms in total. The molecule has 0 aliphatic carbocycles. The highest BCUT2D eigenvalue weighted by atomic mass is 16.5. The second-order valence-electron chi connectivity index (χ2n) is 3.45. The maximum atomic E-state index is 11.5. The number of ether oxygens (including phenoxy) is 1. The molecule has 1 aromatic carbocycles. The summed E-state index contributed by atoms with van der Waals surface area (Å²) in [6, 6.07) is 7.25. The Hall–Kier alpha value is -1.82. The van der Waals surface area contributed by atoms with Crippen LogP contribution in [0.4, 0.5) is 0 Å². The lowest BCUT2D eigenvalue weighted by atomic mass is 10.0. The largest absolute Gasteiger partial charge is 0.462 e. The molecule has 0 saturated carbocycles.